The number of hydrogen-bond donors (Lipinski definition) is 1. The Morgan fingerprint density at radius 3 is 2.32 bits per heavy atom. The minimum Gasteiger partial charge on any atom is -0.492 e. The van der Waals surface area contributed by atoms with E-state index < -0.39 is 5.54 Å². The molecule has 1 aliphatic rings. The lowest BCUT2D eigenvalue weighted by atomic mass is 9.87. The summed E-state index contributed by atoms with van der Waals surface area (Å²) in [4.78, 5) is 11.1. The molecule has 0 saturated heterocycles. The van der Waals surface area contributed by atoms with Gasteiger partial charge in [0, 0.05) is 11.1 Å². The highest BCUT2D eigenvalue weighted by Crippen LogP contribution is 2.48. The predicted octanol–water partition coefficient (Wildman–Crippen LogP) is 2.90. The summed E-state index contributed by atoms with van der Waals surface area (Å²) in [6.07, 6.45) is 4.54. The van der Waals surface area contributed by atoms with E-state index in [9.17, 15) is 4.79 Å². The minimum atomic E-state index is -0.503. The van der Waals surface area contributed by atoms with Crippen LogP contribution in [0.15, 0.2) is 6.07 Å². The number of aldehydes is 1. The molecule has 1 saturated carbocycles. The van der Waals surface area contributed by atoms with Crippen molar-refractivity contribution in [2.75, 3.05) is 14.2 Å². The summed E-state index contributed by atoms with van der Waals surface area (Å²) in [5, 5.41) is 0.462. The van der Waals surface area contributed by atoms with Gasteiger partial charge in [-0.2, -0.15) is 0 Å². The molecule has 19 heavy (non-hydrogen) atoms. The van der Waals surface area contributed by atoms with Gasteiger partial charge in [-0.3, -0.25) is 4.79 Å². The maximum atomic E-state index is 11.1. The zero-order valence-corrected chi connectivity index (χ0v) is 11.9. The van der Waals surface area contributed by atoms with E-state index in [0.717, 1.165) is 31.2 Å². The average Bonchev–Trinajstić information content (AvgIpc) is 2.84. The number of benzene rings is 1. The summed E-state index contributed by atoms with van der Waals surface area (Å²) in [5.74, 6) is 0.870. The summed E-state index contributed by atoms with van der Waals surface area (Å²) >= 11 is 6.32. The Labute approximate surface area is 117 Å². The van der Waals surface area contributed by atoms with E-state index in [1.807, 2.05) is 0 Å². The van der Waals surface area contributed by atoms with Crippen LogP contribution in [0.3, 0.4) is 0 Å². The van der Waals surface area contributed by atoms with E-state index in [1.165, 1.54) is 14.2 Å². The Balaban J connectivity index is 2.69. The molecule has 4 nitrogen and oxygen atoms in total. The third-order valence-electron chi connectivity index (χ3n) is 3.75. The Morgan fingerprint density at radius 2 is 1.84 bits per heavy atom. The normalized spacial score (nSPS) is 17.3. The molecule has 0 unspecified atom stereocenters. The molecule has 0 amide bonds. The van der Waals surface area contributed by atoms with Crippen LogP contribution < -0.4 is 15.2 Å². The molecule has 1 fully saturated rings. The molecule has 0 heterocycles. The molecule has 1 aromatic rings. The Kier molecular flexibility index (Phi) is 4.02. The highest BCUT2D eigenvalue weighted by Gasteiger charge is 2.37. The van der Waals surface area contributed by atoms with Crippen LogP contribution in [0.4, 0.5) is 0 Å². The molecule has 5 heteroatoms. The first-order valence-electron chi connectivity index (χ1n) is 6.26. The van der Waals surface area contributed by atoms with E-state index in [2.05, 4.69) is 0 Å². The lowest BCUT2D eigenvalue weighted by Crippen LogP contribution is -2.34. The Bertz CT molecular complexity index is 496. The van der Waals surface area contributed by atoms with E-state index in [-0.39, 0.29) is 0 Å². The zero-order valence-electron chi connectivity index (χ0n) is 11.2. The number of methoxy groups -OCH3 is 2. The number of hydrogen-bond acceptors (Lipinski definition) is 4. The Hall–Kier alpha value is -1.26. The predicted molar refractivity (Wildman–Crippen MR) is 74.3 cm³/mol. The van der Waals surface area contributed by atoms with Crippen LogP contribution in [0, 0.1) is 0 Å². The molecule has 0 spiro atoms. The van der Waals surface area contributed by atoms with Crippen molar-refractivity contribution in [3.05, 3.63) is 22.2 Å². The summed E-state index contributed by atoms with van der Waals surface area (Å²) in [7, 11) is 3.03. The molecule has 0 aromatic heterocycles. The number of carbonyl (C=O) groups excluding carboxylic acids is 1. The van der Waals surface area contributed by atoms with Gasteiger partial charge in [-0.25, -0.2) is 0 Å². The summed E-state index contributed by atoms with van der Waals surface area (Å²) in [6, 6.07) is 1.60. The second-order valence-electron chi connectivity index (χ2n) is 4.87. The van der Waals surface area contributed by atoms with E-state index in [1.54, 1.807) is 6.07 Å². The first kappa shape index (κ1) is 14.2. The fourth-order valence-corrected chi connectivity index (χ4v) is 3.23. The van der Waals surface area contributed by atoms with Gasteiger partial charge in [0.15, 0.2) is 17.8 Å². The van der Waals surface area contributed by atoms with Gasteiger partial charge in [0.2, 0.25) is 0 Å². The van der Waals surface area contributed by atoms with Gasteiger partial charge < -0.3 is 15.2 Å². The first-order valence-corrected chi connectivity index (χ1v) is 6.64. The van der Waals surface area contributed by atoms with Crippen molar-refractivity contribution in [1.82, 2.24) is 0 Å². The van der Waals surface area contributed by atoms with Crippen molar-refractivity contribution in [2.45, 2.75) is 31.2 Å². The number of carbonyl (C=O) groups is 1. The molecule has 0 aliphatic heterocycles. The first-order chi connectivity index (χ1) is 9.07. The van der Waals surface area contributed by atoms with Crippen LogP contribution in [0.25, 0.3) is 0 Å². The lowest BCUT2D eigenvalue weighted by Gasteiger charge is -2.28. The van der Waals surface area contributed by atoms with E-state index >= 15 is 0 Å². The molecule has 2 rings (SSSR count). The number of halogens is 1. The summed E-state index contributed by atoms with van der Waals surface area (Å²) < 4.78 is 10.7. The second kappa shape index (κ2) is 5.39. The van der Waals surface area contributed by atoms with Crippen LogP contribution in [0.5, 0.6) is 11.5 Å². The SMILES string of the molecule is COc1c(C=O)cc(Cl)c(C2(N)CCCC2)c1OC. The molecular formula is C14H18ClNO3. The highest BCUT2D eigenvalue weighted by atomic mass is 35.5. The smallest absolute Gasteiger partial charge is 0.171 e. The largest absolute Gasteiger partial charge is 0.492 e. The van der Waals surface area contributed by atoms with Crippen molar-refractivity contribution < 1.29 is 14.3 Å². The van der Waals surface area contributed by atoms with Gasteiger partial charge in [-0.1, -0.05) is 24.4 Å². The fourth-order valence-electron chi connectivity index (χ4n) is 2.84. The van der Waals surface area contributed by atoms with Gasteiger partial charge in [0.25, 0.3) is 0 Å². The van der Waals surface area contributed by atoms with Crippen LogP contribution in [-0.4, -0.2) is 20.5 Å². The Morgan fingerprint density at radius 1 is 1.26 bits per heavy atom. The quantitative estimate of drug-likeness (QED) is 0.863. The van der Waals surface area contributed by atoms with E-state index in [4.69, 9.17) is 26.8 Å². The van der Waals surface area contributed by atoms with Crippen molar-refractivity contribution in [3.63, 3.8) is 0 Å². The molecule has 0 bridgehead atoms. The van der Waals surface area contributed by atoms with Gasteiger partial charge in [-0.15, -0.1) is 0 Å². The van der Waals surface area contributed by atoms with Crippen LogP contribution in [0.2, 0.25) is 5.02 Å². The highest BCUT2D eigenvalue weighted by molar-refractivity contribution is 6.32. The molecule has 1 aromatic carbocycles. The summed E-state index contributed by atoms with van der Waals surface area (Å²) in [5.41, 5.74) is 7.08. The van der Waals surface area contributed by atoms with Crippen molar-refractivity contribution in [3.8, 4) is 11.5 Å². The average molecular weight is 284 g/mol. The van der Waals surface area contributed by atoms with Crippen molar-refractivity contribution in [1.29, 1.82) is 0 Å². The molecular weight excluding hydrogens is 266 g/mol. The van der Waals surface area contributed by atoms with Crippen LogP contribution in [0.1, 0.15) is 41.6 Å². The topological polar surface area (TPSA) is 61.5 Å². The maximum Gasteiger partial charge on any atom is 0.171 e. The van der Waals surface area contributed by atoms with Crippen molar-refractivity contribution in [2.24, 2.45) is 5.73 Å². The van der Waals surface area contributed by atoms with Crippen LogP contribution in [-0.2, 0) is 5.54 Å². The second-order valence-corrected chi connectivity index (χ2v) is 5.28. The third-order valence-corrected chi connectivity index (χ3v) is 4.04. The molecule has 0 atom stereocenters. The molecule has 1 aliphatic carbocycles. The van der Waals surface area contributed by atoms with Crippen LogP contribution >= 0.6 is 11.6 Å². The number of ether oxygens (including phenoxy) is 2. The van der Waals surface area contributed by atoms with Gasteiger partial charge in [0.1, 0.15) is 0 Å². The molecule has 2 N–H and O–H groups in total. The van der Waals surface area contributed by atoms with Gasteiger partial charge >= 0.3 is 0 Å². The van der Waals surface area contributed by atoms with Gasteiger partial charge in [0.05, 0.1) is 24.8 Å². The molecule has 104 valence electrons. The van der Waals surface area contributed by atoms with E-state index in [0.29, 0.717) is 28.4 Å². The molecule has 0 radical (unpaired) electrons. The maximum absolute atomic E-state index is 11.1. The third kappa shape index (κ3) is 2.30. The van der Waals surface area contributed by atoms with Gasteiger partial charge in [-0.05, 0) is 18.9 Å². The fraction of sp³-hybridized carbons (Fsp3) is 0.500. The minimum absolute atomic E-state index is 0.370. The number of nitrogens with two attached hydrogens (primary N) is 1. The number of rotatable bonds is 4. The lowest BCUT2D eigenvalue weighted by molar-refractivity contribution is 0.111. The van der Waals surface area contributed by atoms with Crippen molar-refractivity contribution >= 4 is 17.9 Å². The standard InChI is InChI=1S/C14H18ClNO3/c1-18-12-9(8-17)7-10(15)11(13(12)19-2)14(16)5-3-4-6-14/h7-8H,3-6,16H2,1-2H3. The summed E-state index contributed by atoms with van der Waals surface area (Å²) in [6.45, 7) is 0. The monoisotopic (exact) mass is 283 g/mol. The zero-order chi connectivity index (χ0) is 14.0.